The number of benzene rings is 2. The lowest BCUT2D eigenvalue weighted by Gasteiger charge is -2.28. The van der Waals surface area contributed by atoms with E-state index in [4.69, 9.17) is 0 Å². The molecule has 0 heterocycles. The van der Waals surface area contributed by atoms with Crippen molar-refractivity contribution in [1.29, 1.82) is 0 Å². The van der Waals surface area contributed by atoms with Gasteiger partial charge >= 0.3 is 0 Å². The van der Waals surface area contributed by atoms with Gasteiger partial charge in [-0.1, -0.05) is 63.1 Å². The molecule has 0 radical (unpaired) electrons. The topological polar surface area (TPSA) is 0 Å². The number of rotatable bonds is 4. The summed E-state index contributed by atoms with van der Waals surface area (Å²) < 4.78 is 0. The van der Waals surface area contributed by atoms with Gasteiger partial charge in [0.25, 0.3) is 0 Å². The average molecular weight is 280 g/mol. The molecule has 3 rings (SSSR count). The van der Waals surface area contributed by atoms with Crippen molar-refractivity contribution in [2.24, 2.45) is 5.92 Å². The third-order valence-electron chi connectivity index (χ3n) is 5.35. The quantitative estimate of drug-likeness (QED) is 0.601. The van der Waals surface area contributed by atoms with Crippen molar-refractivity contribution < 1.29 is 0 Å². The van der Waals surface area contributed by atoms with Crippen LogP contribution < -0.4 is 0 Å². The number of fused-ring (bicyclic) bond motifs is 1. The highest BCUT2D eigenvalue weighted by Crippen LogP contribution is 2.38. The van der Waals surface area contributed by atoms with Gasteiger partial charge in [0, 0.05) is 0 Å². The first-order valence-electron chi connectivity index (χ1n) is 8.82. The zero-order chi connectivity index (χ0) is 14.7. The van der Waals surface area contributed by atoms with Crippen LogP contribution in [-0.2, 0) is 6.42 Å². The molecule has 0 aromatic heterocycles. The molecule has 0 unspecified atom stereocenters. The maximum atomic E-state index is 2.44. The smallest absolute Gasteiger partial charge is 0.0162 e. The Hall–Kier alpha value is -1.30. The lowest BCUT2D eigenvalue weighted by Crippen LogP contribution is -2.13. The van der Waals surface area contributed by atoms with Crippen LogP contribution in [0.25, 0.3) is 10.8 Å². The molecule has 21 heavy (non-hydrogen) atoms. The van der Waals surface area contributed by atoms with Gasteiger partial charge in [-0.15, -0.1) is 0 Å². The number of hydrogen-bond acceptors (Lipinski definition) is 0. The second kappa shape index (κ2) is 6.64. The largest absolute Gasteiger partial charge is 0.0654 e. The van der Waals surface area contributed by atoms with Gasteiger partial charge in [0.2, 0.25) is 0 Å². The van der Waals surface area contributed by atoms with E-state index in [-0.39, 0.29) is 0 Å². The first-order chi connectivity index (χ1) is 10.3. The first kappa shape index (κ1) is 14.6. The molecule has 0 nitrogen and oxygen atoms in total. The molecule has 0 saturated heterocycles. The van der Waals surface area contributed by atoms with Crippen LogP contribution in [0.3, 0.4) is 0 Å². The van der Waals surface area contributed by atoms with Crippen molar-refractivity contribution in [3.8, 4) is 0 Å². The van der Waals surface area contributed by atoms with E-state index in [9.17, 15) is 0 Å². The van der Waals surface area contributed by atoms with E-state index >= 15 is 0 Å². The van der Waals surface area contributed by atoms with Gasteiger partial charge in [0.1, 0.15) is 0 Å². The van der Waals surface area contributed by atoms with Crippen molar-refractivity contribution in [2.75, 3.05) is 0 Å². The maximum Gasteiger partial charge on any atom is -0.0162 e. The highest BCUT2D eigenvalue weighted by atomic mass is 14.3. The van der Waals surface area contributed by atoms with Crippen LogP contribution in [0.1, 0.15) is 69.4 Å². The summed E-state index contributed by atoms with van der Waals surface area (Å²) in [6, 6.07) is 14.1. The van der Waals surface area contributed by atoms with E-state index in [1.54, 1.807) is 5.56 Å². The van der Waals surface area contributed by atoms with Crippen molar-refractivity contribution in [2.45, 2.75) is 64.7 Å². The monoisotopic (exact) mass is 280 g/mol. The van der Waals surface area contributed by atoms with Gasteiger partial charge in [-0.05, 0) is 65.8 Å². The molecule has 1 aliphatic rings. The SMILES string of the molecule is CCCC1CCC(c2ccc3cc(CC)ccc3c2)CC1. The lowest BCUT2D eigenvalue weighted by molar-refractivity contribution is 0.308. The van der Waals surface area contributed by atoms with Gasteiger partial charge in [-0.3, -0.25) is 0 Å². The highest BCUT2D eigenvalue weighted by Gasteiger charge is 2.21. The summed E-state index contributed by atoms with van der Waals surface area (Å²) in [5.74, 6) is 1.80. The maximum absolute atomic E-state index is 2.44. The van der Waals surface area contributed by atoms with E-state index in [0.29, 0.717) is 0 Å². The standard InChI is InChI=1S/C21H28/c1-3-5-17-7-9-18(10-8-17)20-13-12-19-14-16(4-2)6-11-21(19)15-20/h6,11-15,17-18H,3-5,7-10H2,1-2H3. The van der Waals surface area contributed by atoms with Gasteiger partial charge < -0.3 is 0 Å². The molecule has 0 spiro atoms. The minimum absolute atomic E-state index is 0.799. The van der Waals surface area contributed by atoms with E-state index in [2.05, 4.69) is 50.2 Å². The average Bonchev–Trinajstić information content (AvgIpc) is 2.55. The third kappa shape index (κ3) is 3.31. The summed E-state index contributed by atoms with van der Waals surface area (Å²) in [4.78, 5) is 0. The van der Waals surface area contributed by atoms with Crippen LogP contribution in [0.2, 0.25) is 0 Å². The number of aryl methyl sites for hydroxylation is 1. The molecule has 2 aromatic carbocycles. The Morgan fingerprint density at radius 2 is 1.57 bits per heavy atom. The Bertz CT molecular complexity index is 588. The Labute approximate surface area is 129 Å². The molecule has 1 saturated carbocycles. The normalized spacial score (nSPS) is 22.6. The molecule has 0 N–H and O–H groups in total. The summed E-state index contributed by atoms with van der Waals surface area (Å²) in [6.07, 6.45) is 9.57. The minimum Gasteiger partial charge on any atom is -0.0654 e. The molecular weight excluding hydrogens is 252 g/mol. The highest BCUT2D eigenvalue weighted by molar-refractivity contribution is 5.84. The molecular formula is C21H28. The summed E-state index contributed by atoms with van der Waals surface area (Å²) in [5, 5.41) is 2.82. The van der Waals surface area contributed by atoms with Crippen molar-refractivity contribution in [3.63, 3.8) is 0 Å². The van der Waals surface area contributed by atoms with Crippen LogP contribution in [0.15, 0.2) is 36.4 Å². The number of hydrogen-bond donors (Lipinski definition) is 0. The van der Waals surface area contributed by atoms with Gasteiger partial charge in [0.05, 0.1) is 0 Å². The van der Waals surface area contributed by atoms with E-state index in [1.165, 1.54) is 54.9 Å². The zero-order valence-corrected chi connectivity index (χ0v) is 13.6. The van der Waals surface area contributed by atoms with Crippen LogP contribution in [0.4, 0.5) is 0 Å². The van der Waals surface area contributed by atoms with Gasteiger partial charge in [0.15, 0.2) is 0 Å². The van der Waals surface area contributed by atoms with Crippen molar-refractivity contribution in [1.82, 2.24) is 0 Å². The molecule has 0 atom stereocenters. The minimum atomic E-state index is 0.799. The van der Waals surface area contributed by atoms with Crippen molar-refractivity contribution >= 4 is 10.8 Å². The summed E-state index contributed by atoms with van der Waals surface area (Å²) in [7, 11) is 0. The molecule has 1 fully saturated rings. The Morgan fingerprint density at radius 1 is 0.857 bits per heavy atom. The molecule has 112 valence electrons. The predicted molar refractivity (Wildman–Crippen MR) is 92.9 cm³/mol. The fourth-order valence-corrected chi connectivity index (χ4v) is 3.98. The molecule has 0 bridgehead atoms. The van der Waals surface area contributed by atoms with E-state index < -0.39 is 0 Å². The van der Waals surface area contributed by atoms with Crippen molar-refractivity contribution in [3.05, 3.63) is 47.5 Å². The molecule has 0 heteroatoms. The predicted octanol–water partition coefficient (Wildman–Crippen LogP) is 6.48. The molecule has 1 aliphatic carbocycles. The summed E-state index contributed by atoms with van der Waals surface area (Å²) >= 11 is 0. The first-order valence-corrected chi connectivity index (χ1v) is 8.82. The lowest BCUT2D eigenvalue weighted by atomic mass is 9.77. The van der Waals surface area contributed by atoms with Gasteiger partial charge in [-0.2, -0.15) is 0 Å². The third-order valence-corrected chi connectivity index (χ3v) is 5.35. The van der Waals surface area contributed by atoms with E-state index in [0.717, 1.165) is 18.3 Å². The van der Waals surface area contributed by atoms with Crippen LogP contribution in [0.5, 0.6) is 0 Å². The molecule has 0 amide bonds. The van der Waals surface area contributed by atoms with Crippen LogP contribution in [-0.4, -0.2) is 0 Å². The Balaban J connectivity index is 1.76. The van der Waals surface area contributed by atoms with E-state index in [1.807, 2.05) is 0 Å². The summed E-state index contributed by atoms with van der Waals surface area (Å²) in [5.41, 5.74) is 3.01. The summed E-state index contributed by atoms with van der Waals surface area (Å²) in [6.45, 7) is 4.55. The fourth-order valence-electron chi connectivity index (χ4n) is 3.98. The fraction of sp³-hybridized carbons (Fsp3) is 0.524. The van der Waals surface area contributed by atoms with Crippen LogP contribution >= 0.6 is 0 Å². The Kier molecular flexibility index (Phi) is 4.63. The molecule has 2 aromatic rings. The van der Waals surface area contributed by atoms with Crippen LogP contribution in [0, 0.1) is 5.92 Å². The zero-order valence-electron chi connectivity index (χ0n) is 13.6. The molecule has 0 aliphatic heterocycles. The second-order valence-corrected chi connectivity index (χ2v) is 6.80. The second-order valence-electron chi connectivity index (χ2n) is 6.80. The Morgan fingerprint density at radius 3 is 2.29 bits per heavy atom. The van der Waals surface area contributed by atoms with Gasteiger partial charge in [-0.25, -0.2) is 0 Å².